The largest absolute Gasteiger partial charge is 0.494 e. The fraction of sp³-hybridized carbons (Fsp3) is 0.280. The van der Waals surface area contributed by atoms with E-state index in [1.807, 2.05) is 25.1 Å². The van der Waals surface area contributed by atoms with Crippen molar-refractivity contribution in [3.63, 3.8) is 0 Å². The number of thiophene rings is 1. The van der Waals surface area contributed by atoms with Gasteiger partial charge in [-0.05, 0) is 48.7 Å². The molecule has 164 valence electrons. The van der Waals surface area contributed by atoms with Crippen molar-refractivity contribution in [2.24, 2.45) is 0 Å². The second kappa shape index (κ2) is 10.3. The summed E-state index contributed by atoms with van der Waals surface area (Å²) in [6.45, 7) is 4.94. The highest BCUT2D eigenvalue weighted by Crippen LogP contribution is 2.37. The van der Waals surface area contributed by atoms with Crippen LogP contribution in [0.4, 0.5) is 5.00 Å². The summed E-state index contributed by atoms with van der Waals surface area (Å²) in [4.78, 5) is 16.0. The van der Waals surface area contributed by atoms with E-state index >= 15 is 0 Å². The first-order chi connectivity index (χ1) is 15.7. The molecule has 0 fully saturated rings. The van der Waals surface area contributed by atoms with Gasteiger partial charge in [0.05, 0.1) is 12.2 Å². The van der Waals surface area contributed by atoms with Gasteiger partial charge in [0.2, 0.25) is 0 Å². The summed E-state index contributed by atoms with van der Waals surface area (Å²) in [5.74, 6) is 1.06. The molecule has 0 spiro atoms. The van der Waals surface area contributed by atoms with Crippen molar-refractivity contribution in [3.8, 4) is 17.6 Å². The minimum atomic E-state index is -0.282. The van der Waals surface area contributed by atoms with Crippen LogP contribution in [-0.2, 0) is 24.3 Å². The maximum atomic E-state index is 12.5. The van der Waals surface area contributed by atoms with Gasteiger partial charge in [0, 0.05) is 24.5 Å². The average Bonchev–Trinajstić information content (AvgIpc) is 3.15. The summed E-state index contributed by atoms with van der Waals surface area (Å²) in [7, 11) is 0. The lowest BCUT2D eigenvalue weighted by Crippen LogP contribution is -2.29. The van der Waals surface area contributed by atoms with Gasteiger partial charge in [-0.25, -0.2) is 0 Å². The van der Waals surface area contributed by atoms with Crippen molar-refractivity contribution >= 4 is 22.2 Å². The molecule has 3 aromatic rings. The molecule has 0 bridgehead atoms. The number of carbonyl (C=O) groups is 1. The highest BCUT2D eigenvalue weighted by Gasteiger charge is 2.25. The minimum Gasteiger partial charge on any atom is -0.494 e. The van der Waals surface area contributed by atoms with Crippen molar-refractivity contribution in [1.29, 1.82) is 5.26 Å². The standard InChI is InChI=1S/C25H25N3O3S/c1-2-30-19-8-10-20(11-9-19)31-17-24(29)27-25-22(14-26)21-12-13-28(16-23(21)32-25)15-18-6-4-3-5-7-18/h3-11H,2,12-13,15-17H2,1H3,(H,27,29). The topological polar surface area (TPSA) is 74.6 Å². The predicted octanol–water partition coefficient (Wildman–Crippen LogP) is 4.59. The fourth-order valence-electron chi connectivity index (χ4n) is 3.75. The van der Waals surface area contributed by atoms with E-state index in [-0.39, 0.29) is 12.5 Å². The smallest absolute Gasteiger partial charge is 0.262 e. The van der Waals surface area contributed by atoms with E-state index in [4.69, 9.17) is 9.47 Å². The number of ether oxygens (including phenoxy) is 2. The number of anilines is 1. The van der Waals surface area contributed by atoms with Gasteiger partial charge in [-0.2, -0.15) is 5.26 Å². The monoisotopic (exact) mass is 447 g/mol. The fourth-order valence-corrected chi connectivity index (χ4v) is 5.01. The average molecular weight is 448 g/mol. The molecule has 0 unspecified atom stereocenters. The van der Waals surface area contributed by atoms with E-state index in [2.05, 4.69) is 28.4 Å². The Bertz CT molecular complexity index is 1100. The first kappa shape index (κ1) is 21.9. The molecule has 0 saturated heterocycles. The molecule has 4 rings (SSSR count). The van der Waals surface area contributed by atoms with E-state index in [0.29, 0.717) is 22.9 Å². The highest BCUT2D eigenvalue weighted by molar-refractivity contribution is 7.16. The number of nitrogens with zero attached hydrogens (tertiary/aromatic N) is 2. The lowest BCUT2D eigenvalue weighted by molar-refractivity contribution is -0.118. The Balaban J connectivity index is 1.37. The van der Waals surface area contributed by atoms with Gasteiger partial charge in [0.1, 0.15) is 22.6 Å². The molecular formula is C25H25N3O3S. The number of hydrogen-bond acceptors (Lipinski definition) is 6. The maximum Gasteiger partial charge on any atom is 0.262 e. The van der Waals surface area contributed by atoms with Crippen LogP contribution in [0.2, 0.25) is 0 Å². The Morgan fingerprint density at radius 3 is 2.53 bits per heavy atom. The van der Waals surface area contributed by atoms with Gasteiger partial charge in [-0.3, -0.25) is 9.69 Å². The van der Waals surface area contributed by atoms with Crippen LogP contribution in [0.25, 0.3) is 0 Å². The zero-order chi connectivity index (χ0) is 22.3. The number of carbonyl (C=O) groups excluding carboxylic acids is 1. The number of hydrogen-bond donors (Lipinski definition) is 1. The Kier molecular flexibility index (Phi) is 7.05. The minimum absolute atomic E-state index is 0.123. The van der Waals surface area contributed by atoms with E-state index < -0.39 is 0 Å². The molecule has 1 amide bonds. The molecule has 32 heavy (non-hydrogen) atoms. The summed E-state index contributed by atoms with van der Waals surface area (Å²) in [6.07, 6.45) is 0.806. The van der Waals surface area contributed by atoms with Crippen LogP contribution in [0.3, 0.4) is 0 Å². The molecule has 1 aliphatic rings. The van der Waals surface area contributed by atoms with E-state index in [0.717, 1.165) is 42.2 Å². The molecule has 2 heterocycles. The zero-order valence-corrected chi connectivity index (χ0v) is 18.8. The van der Waals surface area contributed by atoms with Gasteiger partial charge in [0.25, 0.3) is 5.91 Å². The molecule has 2 aromatic carbocycles. The van der Waals surface area contributed by atoms with Crippen LogP contribution in [0, 0.1) is 11.3 Å². The SMILES string of the molecule is CCOc1ccc(OCC(=O)Nc2sc3c(c2C#N)CCN(Cc2ccccc2)C3)cc1. The van der Waals surface area contributed by atoms with Gasteiger partial charge in [0.15, 0.2) is 6.61 Å². The zero-order valence-electron chi connectivity index (χ0n) is 18.0. The molecule has 0 atom stereocenters. The molecule has 0 radical (unpaired) electrons. The van der Waals surface area contributed by atoms with E-state index in [1.54, 1.807) is 24.3 Å². The molecule has 0 aliphatic carbocycles. The van der Waals surface area contributed by atoms with Gasteiger partial charge in [-0.1, -0.05) is 30.3 Å². The number of benzene rings is 2. The first-order valence-electron chi connectivity index (χ1n) is 10.6. The number of nitrogens with one attached hydrogen (secondary N) is 1. The van der Waals surface area contributed by atoms with Gasteiger partial charge >= 0.3 is 0 Å². The normalized spacial score (nSPS) is 13.1. The van der Waals surface area contributed by atoms with Crippen LogP contribution in [0.5, 0.6) is 11.5 Å². The van der Waals surface area contributed by atoms with Crippen LogP contribution < -0.4 is 14.8 Å². The quantitative estimate of drug-likeness (QED) is 0.547. The first-order valence-corrected chi connectivity index (χ1v) is 11.4. The second-order valence-electron chi connectivity index (χ2n) is 7.51. The van der Waals surface area contributed by atoms with Crippen molar-refractivity contribution in [1.82, 2.24) is 4.90 Å². The van der Waals surface area contributed by atoms with E-state index in [1.165, 1.54) is 16.9 Å². The number of fused-ring (bicyclic) bond motifs is 1. The highest BCUT2D eigenvalue weighted by atomic mass is 32.1. The Hall–Kier alpha value is -3.34. The summed E-state index contributed by atoms with van der Waals surface area (Å²) in [5.41, 5.74) is 2.91. The maximum absolute atomic E-state index is 12.5. The van der Waals surface area contributed by atoms with E-state index in [9.17, 15) is 10.1 Å². The molecule has 1 N–H and O–H groups in total. The Morgan fingerprint density at radius 1 is 1.12 bits per heavy atom. The molecule has 0 saturated carbocycles. The van der Waals surface area contributed by atoms with Crippen molar-refractivity contribution in [2.45, 2.75) is 26.4 Å². The van der Waals surface area contributed by atoms with Gasteiger partial charge in [-0.15, -0.1) is 11.3 Å². The van der Waals surface area contributed by atoms with Crippen LogP contribution in [0.15, 0.2) is 54.6 Å². The molecule has 1 aliphatic heterocycles. The predicted molar refractivity (Wildman–Crippen MR) is 125 cm³/mol. The summed E-state index contributed by atoms with van der Waals surface area (Å²) in [5, 5.41) is 13.2. The van der Waals surface area contributed by atoms with Crippen molar-refractivity contribution in [2.75, 3.05) is 25.1 Å². The summed E-state index contributed by atoms with van der Waals surface area (Å²) >= 11 is 1.49. The summed E-state index contributed by atoms with van der Waals surface area (Å²) in [6, 6.07) is 19.8. The second-order valence-corrected chi connectivity index (χ2v) is 8.61. The molecule has 1 aromatic heterocycles. The van der Waals surface area contributed by atoms with Crippen LogP contribution in [0.1, 0.15) is 28.5 Å². The number of amides is 1. The molecule has 6 nitrogen and oxygen atoms in total. The molecular weight excluding hydrogens is 422 g/mol. The Labute approximate surface area is 192 Å². The lowest BCUT2D eigenvalue weighted by Gasteiger charge is -2.26. The van der Waals surface area contributed by atoms with Crippen LogP contribution >= 0.6 is 11.3 Å². The molecule has 7 heteroatoms. The van der Waals surface area contributed by atoms with Gasteiger partial charge < -0.3 is 14.8 Å². The third-order valence-corrected chi connectivity index (χ3v) is 6.39. The van der Waals surface area contributed by atoms with Crippen molar-refractivity contribution < 1.29 is 14.3 Å². The third kappa shape index (κ3) is 5.28. The Morgan fingerprint density at radius 2 is 1.84 bits per heavy atom. The summed E-state index contributed by atoms with van der Waals surface area (Å²) < 4.78 is 11.0. The van der Waals surface area contributed by atoms with Crippen LogP contribution in [-0.4, -0.2) is 30.6 Å². The number of nitriles is 1. The number of rotatable bonds is 8. The lowest BCUT2D eigenvalue weighted by atomic mass is 10.0. The third-order valence-electron chi connectivity index (χ3n) is 5.25. The van der Waals surface area contributed by atoms with Crippen molar-refractivity contribution in [3.05, 3.63) is 76.2 Å².